The van der Waals surface area contributed by atoms with Crippen molar-refractivity contribution >= 4 is 23.2 Å². The average molecular weight is 477 g/mol. The molecule has 3 aromatic rings. The Kier molecular flexibility index (Phi) is 7.78. The first kappa shape index (κ1) is 24.1. The van der Waals surface area contributed by atoms with Crippen LogP contribution in [0.2, 0.25) is 0 Å². The Morgan fingerprint density at radius 1 is 1.06 bits per heavy atom. The van der Waals surface area contributed by atoms with Crippen LogP contribution in [-0.2, 0) is 16.1 Å². The Labute approximate surface area is 205 Å². The first-order chi connectivity index (χ1) is 16.4. The molecule has 0 radical (unpaired) electrons. The summed E-state index contributed by atoms with van der Waals surface area (Å²) in [6, 6.07) is 17.1. The number of nitrogens with zero attached hydrogens (tertiary/aromatic N) is 1. The van der Waals surface area contributed by atoms with Gasteiger partial charge in [-0.3, -0.25) is 4.79 Å². The van der Waals surface area contributed by atoms with Crippen molar-refractivity contribution in [3.05, 3.63) is 86.9 Å². The molecule has 1 amide bonds. The lowest BCUT2D eigenvalue weighted by atomic mass is 9.75. The summed E-state index contributed by atoms with van der Waals surface area (Å²) in [5, 5.41) is 4.16. The van der Waals surface area contributed by atoms with Crippen molar-refractivity contribution < 1.29 is 14.3 Å². The van der Waals surface area contributed by atoms with E-state index in [0.717, 1.165) is 47.5 Å². The Hall–Kier alpha value is -2.99. The molecule has 4 rings (SSSR count). The van der Waals surface area contributed by atoms with Crippen molar-refractivity contribution in [2.24, 2.45) is 5.92 Å². The number of nitrogens with one attached hydrogen (secondary N) is 1. The maximum Gasteiger partial charge on any atom is 0.338 e. The second kappa shape index (κ2) is 11.0. The van der Waals surface area contributed by atoms with Crippen molar-refractivity contribution in [2.45, 2.75) is 65.0 Å². The quantitative estimate of drug-likeness (QED) is 0.408. The molecule has 2 aromatic carbocycles. The van der Waals surface area contributed by atoms with E-state index < -0.39 is 0 Å². The number of hydrogen-bond acceptors (Lipinski definition) is 5. The molecule has 0 aliphatic heterocycles. The molecule has 0 bridgehead atoms. The Bertz CT molecular complexity index is 1100. The summed E-state index contributed by atoms with van der Waals surface area (Å²) in [4.78, 5) is 31.5. The highest BCUT2D eigenvalue weighted by atomic mass is 32.1. The molecule has 6 heteroatoms. The van der Waals surface area contributed by atoms with E-state index in [4.69, 9.17) is 4.74 Å². The van der Waals surface area contributed by atoms with Gasteiger partial charge in [-0.15, -0.1) is 11.3 Å². The van der Waals surface area contributed by atoms with Crippen LogP contribution in [0.1, 0.15) is 81.6 Å². The third kappa shape index (κ3) is 5.73. The number of esters is 1. The van der Waals surface area contributed by atoms with E-state index >= 15 is 0 Å². The first-order valence-electron chi connectivity index (χ1n) is 12.0. The first-order valence-corrected chi connectivity index (χ1v) is 12.8. The van der Waals surface area contributed by atoms with E-state index in [9.17, 15) is 9.59 Å². The highest BCUT2D eigenvalue weighted by molar-refractivity contribution is 7.11. The SMILES string of the molecule is Cc1nc(C(C)NC(=O)[C@H]2CCCC[C@@H]2c2ccc(C(=O)OCc3ccccc3)cc2)sc1C. The van der Waals surface area contributed by atoms with Crippen LogP contribution < -0.4 is 5.32 Å². The molecule has 3 atom stereocenters. The Balaban J connectivity index is 1.40. The summed E-state index contributed by atoms with van der Waals surface area (Å²) in [6.07, 6.45) is 4.01. The number of carbonyl (C=O) groups is 2. The highest BCUT2D eigenvalue weighted by Crippen LogP contribution is 2.38. The minimum absolute atomic E-state index is 0.0748. The molecule has 0 saturated heterocycles. The molecule has 178 valence electrons. The lowest BCUT2D eigenvalue weighted by Crippen LogP contribution is -2.37. The van der Waals surface area contributed by atoms with Gasteiger partial charge in [-0.2, -0.15) is 0 Å². The van der Waals surface area contributed by atoms with Crippen molar-refractivity contribution in [3.8, 4) is 0 Å². The normalized spacial score (nSPS) is 18.8. The van der Waals surface area contributed by atoms with E-state index in [-0.39, 0.29) is 36.4 Å². The molecule has 1 aliphatic rings. The molecule has 1 fully saturated rings. The third-order valence-corrected chi connectivity index (χ3v) is 7.92. The van der Waals surface area contributed by atoms with Gasteiger partial charge in [0.25, 0.3) is 0 Å². The van der Waals surface area contributed by atoms with Crippen molar-refractivity contribution in [3.63, 3.8) is 0 Å². The van der Waals surface area contributed by atoms with Gasteiger partial charge in [0.1, 0.15) is 11.6 Å². The molecule has 1 aliphatic carbocycles. The van der Waals surface area contributed by atoms with Gasteiger partial charge in [0.2, 0.25) is 5.91 Å². The molecule has 5 nitrogen and oxygen atoms in total. The Morgan fingerprint density at radius 2 is 1.76 bits per heavy atom. The fourth-order valence-electron chi connectivity index (χ4n) is 4.58. The van der Waals surface area contributed by atoms with Gasteiger partial charge >= 0.3 is 5.97 Å². The summed E-state index contributed by atoms with van der Waals surface area (Å²) in [5.74, 6) is -0.172. The molecule has 1 unspecified atom stereocenters. The van der Waals surface area contributed by atoms with Crippen LogP contribution in [0.15, 0.2) is 54.6 Å². The van der Waals surface area contributed by atoms with E-state index in [1.54, 1.807) is 11.3 Å². The maximum absolute atomic E-state index is 13.2. The van der Waals surface area contributed by atoms with Gasteiger partial charge in [0, 0.05) is 10.8 Å². The number of rotatable bonds is 7. The fourth-order valence-corrected chi connectivity index (χ4v) is 5.51. The number of hydrogen-bond donors (Lipinski definition) is 1. The molecule has 1 N–H and O–H groups in total. The number of aromatic nitrogens is 1. The lowest BCUT2D eigenvalue weighted by Gasteiger charge is -2.31. The van der Waals surface area contributed by atoms with Crippen molar-refractivity contribution in [1.29, 1.82) is 0 Å². The minimum Gasteiger partial charge on any atom is -0.457 e. The zero-order valence-corrected chi connectivity index (χ0v) is 20.9. The van der Waals surface area contributed by atoms with Gasteiger partial charge in [-0.25, -0.2) is 9.78 Å². The van der Waals surface area contributed by atoms with Gasteiger partial charge < -0.3 is 10.1 Å². The molecular weight excluding hydrogens is 444 g/mol. The molecule has 34 heavy (non-hydrogen) atoms. The Morgan fingerprint density at radius 3 is 2.44 bits per heavy atom. The van der Waals surface area contributed by atoms with Crippen molar-refractivity contribution in [1.82, 2.24) is 10.3 Å². The summed E-state index contributed by atoms with van der Waals surface area (Å²) in [5.41, 5.74) is 3.62. The number of carbonyl (C=O) groups excluding carboxylic acids is 2. The third-order valence-electron chi connectivity index (χ3n) is 6.66. The lowest BCUT2D eigenvalue weighted by molar-refractivity contribution is -0.127. The van der Waals surface area contributed by atoms with Gasteiger partial charge in [0.15, 0.2) is 0 Å². The second-order valence-corrected chi connectivity index (χ2v) is 10.3. The second-order valence-electron chi connectivity index (χ2n) is 9.11. The monoisotopic (exact) mass is 476 g/mol. The minimum atomic E-state index is -0.337. The summed E-state index contributed by atoms with van der Waals surface area (Å²) in [7, 11) is 0. The summed E-state index contributed by atoms with van der Waals surface area (Å²) in [6.45, 7) is 6.32. The molecular formula is C28H32N2O3S. The van der Waals surface area contributed by atoms with E-state index in [1.807, 2.05) is 68.4 Å². The topological polar surface area (TPSA) is 68.3 Å². The predicted octanol–water partition coefficient (Wildman–Crippen LogP) is 6.27. The average Bonchev–Trinajstić information content (AvgIpc) is 3.21. The van der Waals surface area contributed by atoms with Crippen LogP contribution in [0, 0.1) is 19.8 Å². The van der Waals surface area contributed by atoms with E-state index in [0.29, 0.717) is 5.56 Å². The van der Waals surface area contributed by atoms with Gasteiger partial charge in [-0.1, -0.05) is 55.3 Å². The zero-order chi connectivity index (χ0) is 24.1. The summed E-state index contributed by atoms with van der Waals surface area (Å²) < 4.78 is 5.45. The van der Waals surface area contributed by atoms with Crippen LogP contribution in [0.3, 0.4) is 0 Å². The number of aryl methyl sites for hydroxylation is 2. The predicted molar refractivity (Wildman–Crippen MR) is 135 cm³/mol. The standard InChI is InChI=1S/C28H32N2O3S/c1-18-20(3)34-27(30-18)19(2)29-26(31)25-12-8-7-11-24(25)22-13-15-23(16-14-22)28(32)33-17-21-9-5-4-6-10-21/h4-6,9-10,13-16,19,24-25H,7-8,11-12,17H2,1-3H3,(H,29,31)/t19?,24-,25+/m1/s1. The van der Waals surface area contributed by atoms with Crippen molar-refractivity contribution in [2.75, 3.05) is 0 Å². The van der Waals surface area contributed by atoms with Crippen LogP contribution in [0.25, 0.3) is 0 Å². The molecule has 1 heterocycles. The number of ether oxygens (including phenoxy) is 1. The maximum atomic E-state index is 13.2. The molecule has 0 spiro atoms. The highest BCUT2D eigenvalue weighted by Gasteiger charge is 2.33. The number of benzene rings is 2. The van der Waals surface area contributed by atoms with Gasteiger partial charge in [0.05, 0.1) is 17.3 Å². The number of amides is 1. The van der Waals surface area contributed by atoms with Gasteiger partial charge in [-0.05, 0) is 62.8 Å². The summed E-state index contributed by atoms with van der Waals surface area (Å²) >= 11 is 1.65. The smallest absolute Gasteiger partial charge is 0.338 e. The molecule has 1 aromatic heterocycles. The fraction of sp³-hybridized carbons (Fsp3) is 0.393. The van der Waals surface area contributed by atoms with Crippen LogP contribution in [0.4, 0.5) is 0 Å². The molecule has 1 saturated carbocycles. The van der Waals surface area contributed by atoms with Crippen LogP contribution >= 0.6 is 11.3 Å². The number of thiazole rings is 1. The van der Waals surface area contributed by atoms with Crippen LogP contribution in [-0.4, -0.2) is 16.9 Å². The van der Waals surface area contributed by atoms with E-state index in [1.165, 1.54) is 4.88 Å². The largest absolute Gasteiger partial charge is 0.457 e. The zero-order valence-electron chi connectivity index (χ0n) is 20.0. The van der Waals surface area contributed by atoms with E-state index in [2.05, 4.69) is 17.2 Å². The van der Waals surface area contributed by atoms with Crippen LogP contribution in [0.5, 0.6) is 0 Å².